The van der Waals surface area contributed by atoms with E-state index in [2.05, 4.69) is 32.2 Å². The van der Waals surface area contributed by atoms with Gasteiger partial charge in [-0.2, -0.15) is 5.10 Å². The van der Waals surface area contributed by atoms with E-state index in [4.69, 9.17) is 0 Å². The highest BCUT2D eigenvalue weighted by atomic mass is 32.1. The zero-order valence-electron chi connectivity index (χ0n) is 18.5. The molecule has 4 rings (SSSR count). The van der Waals surface area contributed by atoms with Crippen LogP contribution in [-0.2, 0) is 0 Å². The maximum atomic E-state index is 14.6. The molecule has 4 aromatic rings. The predicted octanol–water partition coefficient (Wildman–Crippen LogP) is 5.80. The fourth-order valence-electron chi connectivity index (χ4n) is 3.28. The average molecular weight is 460 g/mol. The maximum Gasteiger partial charge on any atom is 0.261 e. The number of carbonyl (C=O) groups excluding carboxylic acids is 1. The molecule has 8 heteroatoms. The molecule has 0 spiro atoms. The van der Waals surface area contributed by atoms with Crippen molar-refractivity contribution in [1.29, 1.82) is 0 Å². The lowest BCUT2D eigenvalue weighted by Gasteiger charge is -2.13. The number of hydrogen-bond acceptors (Lipinski definition) is 5. The molecule has 1 amide bonds. The Morgan fingerprint density at radius 1 is 1.15 bits per heavy atom. The lowest BCUT2D eigenvalue weighted by molar-refractivity contribution is 0.102. The second kappa shape index (κ2) is 9.76. The number of pyridine rings is 1. The van der Waals surface area contributed by atoms with Crippen LogP contribution >= 0.6 is 11.3 Å². The second-order valence-electron chi connectivity index (χ2n) is 7.48. The minimum atomic E-state index is -0.414. The molecule has 0 fully saturated rings. The number of aromatic nitrogens is 4. The Balaban J connectivity index is 1.62. The number of halogens is 1. The SMILES string of the molecule is CCC#Cc1cccc(-c2csc(NC(=O)c3cnn(C(C)C)c3-c3ccccc3F)n2)n1. The van der Waals surface area contributed by atoms with Gasteiger partial charge in [0.2, 0.25) is 0 Å². The van der Waals surface area contributed by atoms with E-state index in [0.29, 0.717) is 33.5 Å². The summed E-state index contributed by atoms with van der Waals surface area (Å²) in [4.78, 5) is 22.1. The van der Waals surface area contributed by atoms with Gasteiger partial charge < -0.3 is 0 Å². The Labute approximate surface area is 195 Å². The quantitative estimate of drug-likeness (QED) is 0.383. The van der Waals surface area contributed by atoms with E-state index in [0.717, 1.165) is 6.42 Å². The van der Waals surface area contributed by atoms with Crippen LogP contribution in [0.1, 0.15) is 49.3 Å². The first-order valence-electron chi connectivity index (χ1n) is 10.5. The van der Waals surface area contributed by atoms with Gasteiger partial charge >= 0.3 is 0 Å². The zero-order chi connectivity index (χ0) is 23.4. The molecule has 6 nitrogen and oxygen atoms in total. The molecule has 0 atom stereocenters. The van der Waals surface area contributed by atoms with Crippen LogP contribution in [0.2, 0.25) is 0 Å². The Kier molecular flexibility index (Phi) is 6.61. The average Bonchev–Trinajstić information content (AvgIpc) is 3.46. The van der Waals surface area contributed by atoms with Crippen molar-refractivity contribution >= 4 is 22.4 Å². The van der Waals surface area contributed by atoms with Crippen LogP contribution in [0.15, 0.2) is 54.0 Å². The molecule has 0 bridgehead atoms. The topological polar surface area (TPSA) is 72.7 Å². The minimum absolute atomic E-state index is 0.0539. The van der Waals surface area contributed by atoms with Crippen molar-refractivity contribution in [1.82, 2.24) is 19.7 Å². The molecule has 0 unspecified atom stereocenters. The van der Waals surface area contributed by atoms with Crippen molar-refractivity contribution in [2.75, 3.05) is 5.32 Å². The van der Waals surface area contributed by atoms with Crippen molar-refractivity contribution in [2.45, 2.75) is 33.2 Å². The van der Waals surface area contributed by atoms with E-state index in [1.165, 1.54) is 23.6 Å². The molecule has 0 aliphatic rings. The van der Waals surface area contributed by atoms with Gasteiger partial charge in [-0.25, -0.2) is 14.4 Å². The van der Waals surface area contributed by atoms with E-state index in [-0.39, 0.29) is 11.6 Å². The number of hydrogen-bond donors (Lipinski definition) is 1. The number of nitrogens with zero attached hydrogens (tertiary/aromatic N) is 4. The molecule has 0 aliphatic carbocycles. The van der Waals surface area contributed by atoms with Gasteiger partial charge in [0.25, 0.3) is 5.91 Å². The maximum absolute atomic E-state index is 14.6. The number of nitrogens with one attached hydrogen (secondary N) is 1. The summed E-state index contributed by atoms with van der Waals surface area (Å²) in [7, 11) is 0. The second-order valence-corrected chi connectivity index (χ2v) is 8.34. The Morgan fingerprint density at radius 3 is 2.73 bits per heavy atom. The van der Waals surface area contributed by atoms with Crippen LogP contribution in [0.4, 0.5) is 9.52 Å². The van der Waals surface area contributed by atoms with Crippen LogP contribution in [0, 0.1) is 17.7 Å². The first kappa shape index (κ1) is 22.4. The van der Waals surface area contributed by atoms with Crippen LogP contribution in [0.3, 0.4) is 0 Å². The largest absolute Gasteiger partial charge is 0.298 e. The van der Waals surface area contributed by atoms with Crippen molar-refractivity contribution in [3.05, 3.63) is 71.1 Å². The molecule has 0 saturated heterocycles. The first-order chi connectivity index (χ1) is 16.0. The zero-order valence-corrected chi connectivity index (χ0v) is 19.3. The van der Waals surface area contributed by atoms with E-state index in [1.54, 1.807) is 22.9 Å². The summed E-state index contributed by atoms with van der Waals surface area (Å²) in [5.74, 6) is 5.19. The van der Waals surface area contributed by atoms with E-state index in [1.807, 2.05) is 44.4 Å². The molecule has 33 heavy (non-hydrogen) atoms. The van der Waals surface area contributed by atoms with Crippen molar-refractivity contribution < 1.29 is 9.18 Å². The predicted molar refractivity (Wildman–Crippen MR) is 128 cm³/mol. The van der Waals surface area contributed by atoms with Crippen LogP contribution in [0.25, 0.3) is 22.6 Å². The molecule has 1 aromatic carbocycles. The van der Waals surface area contributed by atoms with E-state index in [9.17, 15) is 9.18 Å². The molecule has 1 N–H and O–H groups in total. The van der Waals surface area contributed by atoms with Gasteiger partial charge in [-0.05, 0) is 44.0 Å². The molecule has 166 valence electrons. The van der Waals surface area contributed by atoms with Crippen molar-refractivity contribution in [3.63, 3.8) is 0 Å². The van der Waals surface area contributed by atoms with Gasteiger partial charge in [-0.15, -0.1) is 11.3 Å². The van der Waals surface area contributed by atoms with E-state index >= 15 is 0 Å². The van der Waals surface area contributed by atoms with Crippen molar-refractivity contribution in [3.8, 4) is 34.5 Å². The summed E-state index contributed by atoms with van der Waals surface area (Å²) in [5.41, 5.74) is 3.02. The molecule has 0 radical (unpaired) electrons. The molecule has 0 saturated carbocycles. The number of rotatable bonds is 5. The summed E-state index contributed by atoms with van der Waals surface area (Å²) in [6.07, 6.45) is 2.21. The van der Waals surface area contributed by atoms with Gasteiger partial charge in [0.15, 0.2) is 5.13 Å². The summed E-state index contributed by atoms with van der Waals surface area (Å²) in [6.45, 7) is 5.84. The van der Waals surface area contributed by atoms with Gasteiger partial charge in [0, 0.05) is 23.4 Å². The highest BCUT2D eigenvalue weighted by molar-refractivity contribution is 7.14. The molecule has 3 heterocycles. The van der Waals surface area contributed by atoms with Crippen LogP contribution < -0.4 is 5.32 Å². The summed E-state index contributed by atoms with van der Waals surface area (Å²) in [6, 6.07) is 11.9. The lowest BCUT2D eigenvalue weighted by Crippen LogP contribution is -2.14. The number of carbonyl (C=O) groups is 1. The molecule has 3 aromatic heterocycles. The summed E-state index contributed by atoms with van der Waals surface area (Å²) >= 11 is 1.29. The first-order valence-corrected chi connectivity index (χ1v) is 11.4. The fraction of sp³-hybridized carbons (Fsp3) is 0.200. The fourth-order valence-corrected chi connectivity index (χ4v) is 3.98. The number of thiazole rings is 1. The summed E-state index contributed by atoms with van der Waals surface area (Å²) in [5, 5.41) is 9.39. The lowest BCUT2D eigenvalue weighted by atomic mass is 10.1. The third-order valence-corrected chi connectivity index (χ3v) is 5.55. The minimum Gasteiger partial charge on any atom is -0.298 e. The van der Waals surface area contributed by atoms with Gasteiger partial charge in [-0.3, -0.25) is 14.8 Å². The Hall–Kier alpha value is -3.83. The standard InChI is InChI=1S/C25H22FN5OS/c1-4-5-9-17-10-8-13-21(28-17)22-15-33-25(29-22)30-24(32)19-14-27-31(16(2)3)23(19)18-11-6-7-12-20(18)26/h6-8,10-16H,4H2,1-3H3,(H,29,30,32). The Morgan fingerprint density at radius 2 is 1.97 bits per heavy atom. The van der Waals surface area contributed by atoms with Gasteiger partial charge in [0.05, 0.1) is 23.1 Å². The summed E-state index contributed by atoms with van der Waals surface area (Å²) < 4.78 is 16.2. The normalized spacial score (nSPS) is 10.7. The number of amides is 1. The monoisotopic (exact) mass is 459 g/mol. The molecular formula is C25H22FN5OS. The highest BCUT2D eigenvalue weighted by Gasteiger charge is 2.23. The van der Waals surface area contributed by atoms with Gasteiger partial charge in [-0.1, -0.05) is 31.0 Å². The van der Waals surface area contributed by atoms with E-state index < -0.39 is 11.7 Å². The smallest absolute Gasteiger partial charge is 0.261 e. The third-order valence-electron chi connectivity index (χ3n) is 4.79. The van der Waals surface area contributed by atoms with Crippen LogP contribution in [0.5, 0.6) is 0 Å². The molecular weight excluding hydrogens is 437 g/mol. The molecule has 0 aliphatic heterocycles. The highest BCUT2D eigenvalue weighted by Crippen LogP contribution is 2.30. The third kappa shape index (κ3) is 4.83. The van der Waals surface area contributed by atoms with Gasteiger partial charge in [0.1, 0.15) is 17.2 Å². The number of benzene rings is 1. The Bertz CT molecular complexity index is 1360. The van der Waals surface area contributed by atoms with Crippen LogP contribution in [-0.4, -0.2) is 25.7 Å². The van der Waals surface area contributed by atoms with Crippen molar-refractivity contribution in [2.24, 2.45) is 0 Å². The number of anilines is 1.